The van der Waals surface area contributed by atoms with Gasteiger partial charge in [-0.1, -0.05) is 6.92 Å². The molecule has 3 nitrogen and oxygen atoms in total. The van der Waals surface area contributed by atoms with Gasteiger partial charge >= 0.3 is 0 Å². The van der Waals surface area contributed by atoms with Gasteiger partial charge in [0.25, 0.3) is 0 Å². The molecule has 0 aliphatic rings. The normalized spacial score (nSPS) is 15.8. The van der Waals surface area contributed by atoms with E-state index in [9.17, 15) is 5.11 Å². The van der Waals surface area contributed by atoms with E-state index >= 15 is 0 Å². The minimum absolute atomic E-state index is 0.250. The number of aliphatic hydroxyl groups is 1. The molecule has 1 rings (SSSR count). The van der Waals surface area contributed by atoms with Gasteiger partial charge in [-0.05, 0) is 31.7 Å². The Labute approximate surface area is 79.4 Å². The highest BCUT2D eigenvalue weighted by molar-refractivity contribution is 5.15. The molecular formula is C10H18N2O. The molecule has 0 radical (unpaired) electrons. The molecule has 3 heteroatoms. The first-order valence-electron chi connectivity index (χ1n) is 4.68. The Morgan fingerprint density at radius 3 is 2.54 bits per heavy atom. The number of aliphatic hydroxyl groups excluding tert-OH is 1. The molecule has 2 atom stereocenters. The second-order valence-electron chi connectivity index (χ2n) is 3.84. The summed E-state index contributed by atoms with van der Waals surface area (Å²) < 4.78 is 1.82. The predicted molar refractivity (Wildman–Crippen MR) is 52.5 cm³/mol. The monoisotopic (exact) mass is 182 g/mol. The van der Waals surface area contributed by atoms with Crippen LogP contribution in [-0.4, -0.2) is 21.0 Å². The highest BCUT2D eigenvalue weighted by atomic mass is 16.3. The highest BCUT2D eigenvalue weighted by Crippen LogP contribution is 2.14. The number of aryl methyl sites for hydroxylation is 2. The first kappa shape index (κ1) is 10.3. The van der Waals surface area contributed by atoms with Crippen LogP contribution in [0.3, 0.4) is 0 Å². The van der Waals surface area contributed by atoms with Crippen LogP contribution in [0.2, 0.25) is 0 Å². The van der Waals surface area contributed by atoms with E-state index in [0.29, 0.717) is 5.92 Å². The number of hydrogen-bond acceptors (Lipinski definition) is 2. The van der Waals surface area contributed by atoms with E-state index in [1.54, 1.807) is 0 Å². The lowest BCUT2D eigenvalue weighted by Crippen LogP contribution is -2.15. The van der Waals surface area contributed by atoms with Crippen LogP contribution in [0, 0.1) is 12.8 Å². The zero-order valence-electron chi connectivity index (χ0n) is 8.78. The maximum Gasteiger partial charge on any atom is 0.0625 e. The van der Waals surface area contributed by atoms with Gasteiger partial charge in [0.05, 0.1) is 11.8 Å². The second kappa shape index (κ2) is 3.92. The molecule has 1 aromatic rings. The summed E-state index contributed by atoms with van der Waals surface area (Å²) in [6.45, 7) is 5.89. The van der Waals surface area contributed by atoms with Gasteiger partial charge in [-0.15, -0.1) is 0 Å². The van der Waals surface area contributed by atoms with Crippen LogP contribution in [0.15, 0.2) is 6.20 Å². The van der Waals surface area contributed by atoms with Crippen LogP contribution in [0.1, 0.15) is 25.1 Å². The Kier molecular flexibility index (Phi) is 3.09. The van der Waals surface area contributed by atoms with Crippen LogP contribution < -0.4 is 0 Å². The van der Waals surface area contributed by atoms with Crippen molar-refractivity contribution in [2.24, 2.45) is 13.0 Å². The van der Waals surface area contributed by atoms with E-state index in [1.165, 1.54) is 5.56 Å². The van der Waals surface area contributed by atoms with Crippen molar-refractivity contribution in [3.8, 4) is 0 Å². The summed E-state index contributed by atoms with van der Waals surface area (Å²) >= 11 is 0. The van der Waals surface area contributed by atoms with Crippen LogP contribution in [0.4, 0.5) is 0 Å². The van der Waals surface area contributed by atoms with Gasteiger partial charge < -0.3 is 5.11 Å². The maximum atomic E-state index is 9.35. The van der Waals surface area contributed by atoms with Gasteiger partial charge in [-0.2, -0.15) is 5.10 Å². The van der Waals surface area contributed by atoms with Crippen molar-refractivity contribution in [1.29, 1.82) is 0 Å². The maximum absolute atomic E-state index is 9.35. The van der Waals surface area contributed by atoms with Crippen molar-refractivity contribution in [1.82, 2.24) is 9.78 Å². The molecule has 1 aromatic heterocycles. The third kappa shape index (κ3) is 2.56. The Morgan fingerprint density at radius 2 is 2.15 bits per heavy atom. The largest absolute Gasteiger partial charge is 0.393 e. The van der Waals surface area contributed by atoms with Crippen molar-refractivity contribution < 1.29 is 5.11 Å². The smallest absolute Gasteiger partial charge is 0.0625 e. The molecule has 74 valence electrons. The van der Waals surface area contributed by atoms with Crippen molar-refractivity contribution >= 4 is 0 Å². The summed E-state index contributed by atoms with van der Waals surface area (Å²) in [6.07, 6.45) is 2.67. The standard InChI is InChI=1S/C10H18N2O/c1-7(9(3)13)5-10-6-12(4)11-8(10)2/h6-7,9,13H,5H2,1-4H3. The Hall–Kier alpha value is -0.830. The summed E-state index contributed by atoms with van der Waals surface area (Å²) in [5.74, 6) is 0.294. The third-order valence-electron chi connectivity index (χ3n) is 2.48. The second-order valence-corrected chi connectivity index (χ2v) is 3.84. The number of rotatable bonds is 3. The topological polar surface area (TPSA) is 38.0 Å². The first-order chi connectivity index (χ1) is 6.00. The lowest BCUT2D eigenvalue weighted by Gasteiger charge is -2.13. The summed E-state index contributed by atoms with van der Waals surface area (Å²) in [4.78, 5) is 0. The zero-order chi connectivity index (χ0) is 10.0. The van der Waals surface area contributed by atoms with E-state index in [-0.39, 0.29) is 6.10 Å². The Bertz CT molecular complexity index is 278. The van der Waals surface area contributed by atoms with Gasteiger partial charge in [0.1, 0.15) is 0 Å². The fourth-order valence-corrected chi connectivity index (χ4v) is 1.37. The summed E-state index contributed by atoms with van der Waals surface area (Å²) in [7, 11) is 1.92. The van der Waals surface area contributed by atoms with E-state index in [0.717, 1.165) is 12.1 Å². The highest BCUT2D eigenvalue weighted by Gasteiger charge is 2.12. The molecule has 1 heterocycles. The van der Waals surface area contributed by atoms with Gasteiger partial charge in [-0.25, -0.2) is 0 Å². The van der Waals surface area contributed by atoms with E-state index < -0.39 is 0 Å². The van der Waals surface area contributed by atoms with Crippen LogP contribution in [-0.2, 0) is 13.5 Å². The van der Waals surface area contributed by atoms with Gasteiger partial charge in [0.15, 0.2) is 0 Å². The van der Waals surface area contributed by atoms with Crippen LogP contribution >= 0.6 is 0 Å². The molecule has 0 aromatic carbocycles. The van der Waals surface area contributed by atoms with Crippen LogP contribution in [0.5, 0.6) is 0 Å². The fraction of sp³-hybridized carbons (Fsp3) is 0.700. The molecule has 0 spiro atoms. The predicted octanol–water partition coefficient (Wildman–Crippen LogP) is 1.29. The van der Waals surface area contributed by atoms with Gasteiger partial charge in [0, 0.05) is 13.2 Å². The molecule has 0 saturated carbocycles. The Balaban J connectivity index is 2.68. The minimum Gasteiger partial charge on any atom is -0.393 e. The zero-order valence-corrected chi connectivity index (χ0v) is 8.78. The van der Waals surface area contributed by atoms with E-state index in [2.05, 4.69) is 12.0 Å². The van der Waals surface area contributed by atoms with Gasteiger partial charge in [0.2, 0.25) is 0 Å². The molecular weight excluding hydrogens is 164 g/mol. The summed E-state index contributed by atoms with van der Waals surface area (Å²) in [6, 6.07) is 0. The summed E-state index contributed by atoms with van der Waals surface area (Å²) in [5, 5.41) is 13.6. The van der Waals surface area contributed by atoms with Crippen molar-refractivity contribution in [3.05, 3.63) is 17.5 Å². The van der Waals surface area contributed by atoms with Crippen molar-refractivity contribution in [3.63, 3.8) is 0 Å². The van der Waals surface area contributed by atoms with Crippen molar-refractivity contribution in [2.75, 3.05) is 0 Å². The molecule has 2 unspecified atom stereocenters. The molecule has 1 N–H and O–H groups in total. The lowest BCUT2D eigenvalue weighted by atomic mass is 9.97. The number of nitrogens with zero attached hydrogens (tertiary/aromatic N) is 2. The van der Waals surface area contributed by atoms with Gasteiger partial charge in [-0.3, -0.25) is 4.68 Å². The quantitative estimate of drug-likeness (QED) is 0.765. The lowest BCUT2D eigenvalue weighted by molar-refractivity contribution is 0.135. The average molecular weight is 182 g/mol. The Morgan fingerprint density at radius 1 is 1.54 bits per heavy atom. The third-order valence-corrected chi connectivity index (χ3v) is 2.48. The molecule has 0 aliphatic heterocycles. The SMILES string of the molecule is Cc1nn(C)cc1CC(C)C(C)O. The van der Waals surface area contributed by atoms with E-state index in [1.807, 2.05) is 31.8 Å². The average Bonchev–Trinajstić information content (AvgIpc) is 2.30. The van der Waals surface area contributed by atoms with Crippen LogP contribution in [0.25, 0.3) is 0 Å². The molecule has 0 amide bonds. The fourth-order valence-electron chi connectivity index (χ4n) is 1.37. The molecule has 0 saturated heterocycles. The molecule has 0 aliphatic carbocycles. The number of aromatic nitrogens is 2. The first-order valence-corrected chi connectivity index (χ1v) is 4.68. The summed E-state index contributed by atoms with van der Waals surface area (Å²) in [5.41, 5.74) is 2.30. The minimum atomic E-state index is -0.250. The molecule has 0 bridgehead atoms. The van der Waals surface area contributed by atoms with E-state index in [4.69, 9.17) is 0 Å². The van der Waals surface area contributed by atoms with Crippen molar-refractivity contribution in [2.45, 2.75) is 33.3 Å². The molecule has 13 heavy (non-hydrogen) atoms. The molecule has 0 fully saturated rings. The number of hydrogen-bond donors (Lipinski definition) is 1.